The number of esters is 2. The molecule has 1 fully saturated rings. The molecule has 2 amide bonds. The van der Waals surface area contributed by atoms with Gasteiger partial charge in [0.2, 0.25) is 0 Å². The Balaban J connectivity index is 2.11. The standard InChI is InChI=1S/C37H63NO9/c1-36(2,3)45-33(42)23-21-19-17-15-13-11-9-7-8-10-12-14-16-18-20-22-30(39)28-29(35(44)46-37(4,5)6)24-27-34(43)47-38-31(40)25-26-32(38)41/h29H,7-28H2,1-6H3/t29-/m1/s1. The highest BCUT2D eigenvalue weighted by molar-refractivity contribution is 6.01. The highest BCUT2D eigenvalue weighted by atomic mass is 16.7. The van der Waals surface area contributed by atoms with E-state index in [2.05, 4.69) is 0 Å². The molecule has 1 aliphatic heterocycles. The Morgan fingerprint density at radius 2 is 0.979 bits per heavy atom. The predicted octanol–water partition coefficient (Wildman–Crippen LogP) is 8.26. The van der Waals surface area contributed by atoms with Crippen LogP contribution in [0.1, 0.15) is 183 Å². The van der Waals surface area contributed by atoms with Crippen LogP contribution in [-0.4, -0.2) is 51.8 Å². The lowest BCUT2D eigenvalue weighted by Gasteiger charge is -2.23. The molecule has 10 nitrogen and oxygen atoms in total. The van der Waals surface area contributed by atoms with E-state index in [-0.39, 0.29) is 43.9 Å². The smallest absolute Gasteiger partial charge is 0.333 e. The van der Waals surface area contributed by atoms with Gasteiger partial charge in [-0.15, -0.1) is 5.06 Å². The summed E-state index contributed by atoms with van der Waals surface area (Å²) in [6, 6.07) is 0. The van der Waals surface area contributed by atoms with E-state index in [0.29, 0.717) is 17.9 Å². The SMILES string of the molecule is CC(C)(C)OC(=O)CCCCCCCCCCCCCCCCCC(=O)C[C@@H](CCC(=O)ON1C(=O)CCC1=O)C(=O)OC(C)(C)C. The number of rotatable bonds is 25. The summed E-state index contributed by atoms with van der Waals surface area (Å²) in [7, 11) is 0. The van der Waals surface area contributed by atoms with E-state index in [9.17, 15) is 28.8 Å². The van der Waals surface area contributed by atoms with E-state index >= 15 is 0 Å². The molecule has 0 aromatic rings. The quantitative estimate of drug-likeness (QED) is 0.0537. The summed E-state index contributed by atoms with van der Waals surface area (Å²) in [4.78, 5) is 77.7. The molecule has 0 spiro atoms. The molecule has 10 heteroatoms. The lowest BCUT2D eigenvalue weighted by Crippen LogP contribution is -2.33. The minimum absolute atomic E-state index is 0.00461. The van der Waals surface area contributed by atoms with Gasteiger partial charge in [-0.3, -0.25) is 24.0 Å². The Bertz CT molecular complexity index is 977. The van der Waals surface area contributed by atoms with Crippen LogP contribution in [-0.2, 0) is 43.1 Å². The molecule has 0 radical (unpaired) electrons. The highest BCUT2D eigenvalue weighted by Crippen LogP contribution is 2.22. The first-order valence-corrected chi connectivity index (χ1v) is 18.1. The number of unbranched alkanes of at least 4 members (excludes halogenated alkanes) is 14. The highest BCUT2D eigenvalue weighted by Gasteiger charge is 2.34. The second kappa shape index (κ2) is 22.7. The van der Waals surface area contributed by atoms with Gasteiger partial charge in [0.15, 0.2) is 0 Å². The summed E-state index contributed by atoms with van der Waals surface area (Å²) in [6.07, 6.45) is 17.9. The third-order valence-electron chi connectivity index (χ3n) is 7.87. The number of amides is 2. The van der Waals surface area contributed by atoms with Crippen molar-refractivity contribution >= 4 is 35.5 Å². The largest absolute Gasteiger partial charge is 0.460 e. The van der Waals surface area contributed by atoms with Crippen molar-refractivity contribution in [3.05, 3.63) is 0 Å². The molecule has 0 N–H and O–H groups in total. The number of carbonyl (C=O) groups is 6. The summed E-state index contributed by atoms with van der Waals surface area (Å²) in [5, 5.41) is 0.486. The molecule has 1 atom stereocenters. The van der Waals surface area contributed by atoms with Gasteiger partial charge < -0.3 is 14.3 Å². The molecule has 270 valence electrons. The first kappa shape index (κ1) is 42.2. The maximum absolute atomic E-state index is 12.8. The number of hydroxylamine groups is 2. The molecular formula is C37H63NO9. The molecule has 47 heavy (non-hydrogen) atoms. The first-order valence-electron chi connectivity index (χ1n) is 18.1. The van der Waals surface area contributed by atoms with Crippen molar-refractivity contribution < 1.29 is 43.1 Å². The fourth-order valence-electron chi connectivity index (χ4n) is 5.44. The van der Waals surface area contributed by atoms with Crippen LogP contribution in [0.25, 0.3) is 0 Å². The first-order chi connectivity index (χ1) is 22.1. The van der Waals surface area contributed by atoms with Crippen LogP contribution in [0.3, 0.4) is 0 Å². The number of hydrogen-bond donors (Lipinski definition) is 0. The van der Waals surface area contributed by atoms with Crippen molar-refractivity contribution in [2.45, 2.75) is 194 Å². The molecule has 0 aliphatic carbocycles. The van der Waals surface area contributed by atoms with Gasteiger partial charge >= 0.3 is 17.9 Å². The van der Waals surface area contributed by atoms with E-state index < -0.39 is 40.9 Å². The molecular weight excluding hydrogens is 602 g/mol. The number of hydrogen-bond acceptors (Lipinski definition) is 9. The molecule has 0 aromatic carbocycles. The van der Waals surface area contributed by atoms with Crippen molar-refractivity contribution in [3.63, 3.8) is 0 Å². The van der Waals surface area contributed by atoms with Gasteiger partial charge in [-0.1, -0.05) is 83.5 Å². The maximum Gasteiger partial charge on any atom is 0.333 e. The van der Waals surface area contributed by atoms with Gasteiger partial charge in [-0.05, 0) is 60.8 Å². The second-order valence-corrected chi connectivity index (χ2v) is 14.9. The van der Waals surface area contributed by atoms with Gasteiger partial charge in [0.05, 0.1) is 5.92 Å². The van der Waals surface area contributed by atoms with Crippen LogP contribution in [0, 0.1) is 5.92 Å². The van der Waals surface area contributed by atoms with E-state index in [4.69, 9.17) is 14.3 Å². The lowest BCUT2D eigenvalue weighted by molar-refractivity contribution is -0.197. The topological polar surface area (TPSA) is 133 Å². The Kier molecular flexibility index (Phi) is 20.4. The number of ketones is 1. The predicted molar refractivity (Wildman–Crippen MR) is 180 cm³/mol. The average molecular weight is 666 g/mol. The number of nitrogens with zero attached hydrogens (tertiary/aromatic N) is 1. The Labute approximate surface area is 283 Å². The van der Waals surface area contributed by atoms with Crippen LogP contribution in [0.2, 0.25) is 0 Å². The zero-order valence-electron chi connectivity index (χ0n) is 30.3. The van der Waals surface area contributed by atoms with Crippen molar-refractivity contribution in [1.82, 2.24) is 5.06 Å². The summed E-state index contributed by atoms with van der Waals surface area (Å²) < 4.78 is 10.8. The van der Waals surface area contributed by atoms with Crippen LogP contribution >= 0.6 is 0 Å². The Hall–Kier alpha value is -2.78. The normalized spacial score (nSPS) is 14.3. The molecule has 0 saturated carbocycles. The summed E-state index contributed by atoms with van der Waals surface area (Å²) >= 11 is 0. The van der Waals surface area contributed by atoms with Crippen LogP contribution < -0.4 is 0 Å². The molecule has 0 aromatic heterocycles. The number of ether oxygens (including phenoxy) is 2. The van der Waals surface area contributed by atoms with Crippen LogP contribution in [0.15, 0.2) is 0 Å². The third-order valence-corrected chi connectivity index (χ3v) is 7.87. The summed E-state index contributed by atoms with van der Waals surface area (Å²) in [6.45, 7) is 10.9. The fraction of sp³-hybridized carbons (Fsp3) is 0.838. The maximum atomic E-state index is 12.8. The molecule has 0 bridgehead atoms. The summed E-state index contributed by atoms with van der Waals surface area (Å²) in [5.74, 6) is -3.40. The van der Waals surface area contributed by atoms with Crippen LogP contribution in [0.5, 0.6) is 0 Å². The molecule has 1 rings (SSSR count). The fourth-order valence-corrected chi connectivity index (χ4v) is 5.44. The number of carbonyl (C=O) groups excluding carboxylic acids is 6. The monoisotopic (exact) mass is 665 g/mol. The Morgan fingerprint density at radius 3 is 1.40 bits per heavy atom. The number of imide groups is 1. The zero-order valence-corrected chi connectivity index (χ0v) is 30.3. The molecule has 1 aliphatic rings. The van der Waals surface area contributed by atoms with Crippen molar-refractivity contribution in [1.29, 1.82) is 0 Å². The molecule has 1 heterocycles. The zero-order chi connectivity index (χ0) is 35.3. The van der Waals surface area contributed by atoms with Gasteiger partial charge in [0.25, 0.3) is 11.8 Å². The van der Waals surface area contributed by atoms with Crippen molar-refractivity contribution in [2.75, 3.05) is 0 Å². The Morgan fingerprint density at radius 1 is 0.574 bits per heavy atom. The molecule has 1 saturated heterocycles. The average Bonchev–Trinajstić information content (AvgIpc) is 3.27. The minimum atomic E-state index is -0.796. The van der Waals surface area contributed by atoms with Gasteiger partial charge in [-0.25, -0.2) is 4.79 Å². The summed E-state index contributed by atoms with van der Waals surface area (Å²) in [5.41, 5.74) is -1.13. The van der Waals surface area contributed by atoms with Crippen molar-refractivity contribution in [3.8, 4) is 0 Å². The van der Waals surface area contributed by atoms with E-state index in [1.54, 1.807) is 20.8 Å². The van der Waals surface area contributed by atoms with Gasteiger partial charge in [-0.2, -0.15) is 0 Å². The third kappa shape index (κ3) is 22.4. The minimum Gasteiger partial charge on any atom is -0.460 e. The molecule has 0 unspecified atom stereocenters. The number of Topliss-reactive ketones (excluding diaryl/α,β-unsaturated/α-hetero) is 1. The van der Waals surface area contributed by atoms with E-state index in [1.165, 1.54) is 57.8 Å². The second-order valence-electron chi connectivity index (χ2n) is 14.9. The van der Waals surface area contributed by atoms with Crippen molar-refractivity contribution in [2.24, 2.45) is 5.92 Å². The van der Waals surface area contributed by atoms with E-state index in [1.807, 2.05) is 20.8 Å². The lowest BCUT2D eigenvalue weighted by atomic mass is 9.94. The van der Waals surface area contributed by atoms with Gasteiger partial charge in [0.1, 0.15) is 17.0 Å². The van der Waals surface area contributed by atoms with Gasteiger partial charge in [0, 0.05) is 38.5 Å². The van der Waals surface area contributed by atoms with Crippen LogP contribution in [0.4, 0.5) is 0 Å². The van der Waals surface area contributed by atoms with E-state index in [0.717, 1.165) is 38.5 Å².